The third-order valence-electron chi connectivity index (χ3n) is 3.39. The highest BCUT2D eigenvalue weighted by Crippen LogP contribution is 2.10. The summed E-state index contributed by atoms with van der Waals surface area (Å²) in [6.07, 6.45) is 3.72. The number of thioether (sulfide) groups is 1. The van der Waals surface area contributed by atoms with E-state index in [0.717, 1.165) is 23.7 Å². The summed E-state index contributed by atoms with van der Waals surface area (Å²) in [4.78, 5) is 12.0. The number of nitrogens with zero attached hydrogens (tertiary/aromatic N) is 2. The van der Waals surface area contributed by atoms with Gasteiger partial charge in [0, 0.05) is 30.6 Å². The molecule has 22 heavy (non-hydrogen) atoms. The summed E-state index contributed by atoms with van der Waals surface area (Å²) in [5.41, 5.74) is 2.29. The Bertz CT molecular complexity index is 599. The van der Waals surface area contributed by atoms with Crippen LogP contribution in [-0.4, -0.2) is 33.4 Å². The van der Waals surface area contributed by atoms with Gasteiger partial charge in [0.15, 0.2) is 0 Å². The van der Waals surface area contributed by atoms with Gasteiger partial charge in [0.05, 0.1) is 12.6 Å². The molecule has 0 bridgehead atoms. The summed E-state index contributed by atoms with van der Waals surface area (Å²) in [7, 11) is 0. The highest BCUT2D eigenvalue weighted by molar-refractivity contribution is 7.99. The number of rotatable bonds is 5. The first-order valence-electron chi connectivity index (χ1n) is 6.95. The van der Waals surface area contributed by atoms with E-state index in [9.17, 15) is 4.79 Å². The van der Waals surface area contributed by atoms with E-state index in [1.165, 1.54) is 5.56 Å². The average molecular weight is 339 g/mol. The Kier molecular flexibility index (Phi) is 6.30. The first kappa shape index (κ1) is 16.9. The van der Waals surface area contributed by atoms with Crippen LogP contribution in [0.2, 0.25) is 0 Å². The molecule has 118 valence electrons. The van der Waals surface area contributed by atoms with E-state index in [2.05, 4.69) is 27.9 Å². The molecule has 1 aliphatic heterocycles. The molecule has 1 atom stereocenters. The van der Waals surface area contributed by atoms with Crippen molar-refractivity contribution in [1.29, 1.82) is 0 Å². The Hall–Kier alpha value is -1.50. The number of hydrogen-bond donors (Lipinski definition) is 2. The van der Waals surface area contributed by atoms with Crippen molar-refractivity contribution in [1.82, 2.24) is 20.4 Å². The minimum absolute atomic E-state index is 0. The second-order valence-electron chi connectivity index (χ2n) is 5.01. The van der Waals surface area contributed by atoms with Crippen LogP contribution >= 0.6 is 24.2 Å². The molecule has 1 amide bonds. The molecule has 0 saturated carbocycles. The van der Waals surface area contributed by atoms with Crippen LogP contribution in [0.1, 0.15) is 11.1 Å². The lowest BCUT2D eigenvalue weighted by atomic mass is 10.1. The summed E-state index contributed by atoms with van der Waals surface area (Å²) >= 11 is 1.76. The Morgan fingerprint density at radius 2 is 2.27 bits per heavy atom. The molecule has 1 saturated heterocycles. The van der Waals surface area contributed by atoms with Crippen molar-refractivity contribution in [3.63, 3.8) is 0 Å². The van der Waals surface area contributed by atoms with Crippen LogP contribution in [0.4, 0.5) is 0 Å². The molecule has 1 fully saturated rings. The van der Waals surface area contributed by atoms with E-state index in [-0.39, 0.29) is 24.4 Å². The molecule has 0 spiro atoms. The molecular formula is C15H19ClN4OS. The van der Waals surface area contributed by atoms with Gasteiger partial charge in [-0.05, 0) is 17.2 Å². The number of halogens is 1. The maximum Gasteiger partial charge on any atom is 0.238 e. The molecule has 1 aromatic carbocycles. The van der Waals surface area contributed by atoms with Crippen LogP contribution < -0.4 is 10.6 Å². The molecule has 1 aliphatic rings. The Morgan fingerprint density at radius 1 is 1.41 bits per heavy atom. The van der Waals surface area contributed by atoms with Crippen LogP contribution in [0, 0.1) is 0 Å². The number of nitrogens with one attached hydrogen (secondary N) is 2. The van der Waals surface area contributed by atoms with Crippen molar-refractivity contribution in [3.8, 4) is 0 Å². The minimum atomic E-state index is -0.0535. The molecular weight excluding hydrogens is 320 g/mol. The van der Waals surface area contributed by atoms with Gasteiger partial charge in [-0.15, -0.1) is 24.2 Å². The van der Waals surface area contributed by atoms with Crippen molar-refractivity contribution in [3.05, 3.63) is 53.9 Å². The molecule has 1 aromatic heterocycles. The van der Waals surface area contributed by atoms with Gasteiger partial charge in [-0.1, -0.05) is 24.3 Å². The number of carbonyl (C=O) groups is 1. The van der Waals surface area contributed by atoms with Crippen molar-refractivity contribution in [2.45, 2.75) is 19.1 Å². The van der Waals surface area contributed by atoms with Gasteiger partial charge in [0.25, 0.3) is 0 Å². The molecule has 1 unspecified atom stereocenters. The SMILES string of the molecule is Cl.O=C(NCc1cccc(Cn2cccn2)c1)C1CSCN1. The summed E-state index contributed by atoms with van der Waals surface area (Å²) in [5.74, 6) is 1.79. The van der Waals surface area contributed by atoms with Crippen LogP contribution in [-0.2, 0) is 17.9 Å². The standard InChI is InChI=1S/C15H18N4OS.ClH/c20-15(14-10-21-11-17-14)16-8-12-3-1-4-13(7-12)9-19-6-2-5-18-19;/h1-7,14,17H,8-11H2,(H,16,20);1H. The summed E-state index contributed by atoms with van der Waals surface area (Å²) in [6.45, 7) is 1.31. The fraction of sp³-hybridized carbons (Fsp3) is 0.333. The highest BCUT2D eigenvalue weighted by atomic mass is 35.5. The molecule has 5 nitrogen and oxygen atoms in total. The summed E-state index contributed by atoms with van der Waals surface area (Å²) in [5, 5.41) is 10.4. The minimum Gasteiger partial charge on any atom is -0.351 e. The fourth-order valence-corrected chi connectivity index (χ4v) is 3.24. The monoisotopic (exact) mass is 338 g/mol. The predicted molar refractivity (Wildman–Crippen MR) is 91.1 cm³/mol. The molecule has 0 aliphatic carbocycles. The van der Waals surface area contributed by atoms with Crippen LogP contribution in [0.3, 0.4) is 0 Å². The molecule has 2 aromatic rings. The van der Waals surface area contributed by atoms with Crippen LogP contribution in [0.15, 0.2) is 42.7 Å². The second-order valence-corrected chi connectivity index (χ2v) is 6.04. The maximum absolute atomic E-state index is 12.0. The first-order chi connectivity index (χ1) is 10.3. The van der Waals surface area contributed by atoms with E-state index in [0.29, 0.717) is 6.54 Å². The van der Waals surface area contributed by atoms with Crippen LogP contribution in [0.25, 0.3) is 0 Å². The lowest BCUT2D eigenvalue weighted by Gasteiger charge is -2.11. The van der Waals surface area contributed by atoms with Gasteiger partial charge < -0.3 is 5.32 Å². The van der Waals surface area contributed by atoms with E-state index >= 15 is 0 Å². The molecule has 2 N–H and O–H groups in total. The number of hydrogen-bond acceptors (Lipinski definition) is 4. The molecule has 0 radical (unpaired) electrons. The van der Waals surface area contributed by atoms with E-state index in [4.69, 9.17) is 0 Å². The van der Waals surface area contributed by atoms with E-state index in [1.807, 2.05) is 29.1 Å². The topological polar surface area (TPSA) is 59.0 Å². The van der Waals surface area contributed by atoms with Gasteiger partial charge in [0.1, 0.15) is 0 Å². The Morgan fingerprint density at radius 3 is 3.00 bits per heavy atom. The normalized spacial score (nSPS) is 17.0. The Balaban J connectivity index is 0.00000176. The molecule has 7 heteroatoms. The lowest BCUT2D eigenvalue weighted by molar-refractivity contribution is -0.122. The summed E-state index contributed by atoms with van der Waals surface area (Å²) in [6, 6.07) is 10.1. The number of aromatic nitrogens is 2. The first-order valence-corrected chi connectivity index (χ1v) is 8.11. The third kappa shape index (κ3) is 4.50. The third-order valence-corrected chi connectivity index (χ3v) is 4.33. The van der Waals surface area contributed by atoms with Crippen molar-refractivity contribution >= 4 is 30.1 Å². The zero-order valence-corrected chi connectivity index (χ0v) is 13.7. The summed E-state index contributed by atoms with van der Waals surface area (Å²) < 4.78 is 1.89. The number of benzene rings is 1. The van der Waals surface area contributed by atoms with E-state index < -0.39 is 0 Å². The quantitative estimate of drug-likeness (QED) is 0.870. The molecule has 2 heterocycles. The van der Waals surface area contributed by atoms with Gasteiger partial charge in [-0.25, -0.2) is 0 Å². The van der Waals surface area contributed by atoms with Crippen molar-refractivity contribution < 1.29 is 4.79 Å². The molecule has 3 rings (SSSR count). The smallest absolute Gasteiger partial charge is 0.238 e. The predicted octanol–water partition coefficient (Wildman–Crippen LogP) is 1.63. The zero-order valence-electron chi connectivity index (χ0n) is 12.1. The van der Waals surface area contributed by atoms with Crippen molar-refractivity contribution in [2.24, 2.45) is 0 Å². The van der Waals surface area contributed by atoms with Gasteiger partial charge in [-0.3, -0.25) is 14.8 Å². The fourth-order valence-electron chi connectivity index (χ4n) is 2.29. The van der Waals surface area contributed by atoms with Crippen LogP contribution in [0.5, 0.6) is 0 Å². The zero-order chi connectivity index (χ0) is 14.5. The number of amides is 1. The maximum atomic E-state index is 12.0. The number of carbonyl (C=O) groups excluding carboxylic acids is 1. The van der Waals surface area contributed by atoms with Gasteiger partial charge in [0.2, 0.25) is 5.91 Å². The van der Waals surface area contributed by atoms with Gasteiger partial charge in [-0.2, -0.15) is 5.10 Å². The van der Waals surface area contributed by atoms with E-state index in [1.54, 1.807) is 18.0 Å². The Labute approximate surface area is 140 Å². The van der Waals surface area contributed by atoms with Gasteiger partial charge >= 0.3 is 0 Å². The van der Waals surface area contributed by atoms with Crippen molar-refractivity contribution in [2.75, 3.05) is 11.6 Å². The average Bonchev–Trinajstić information content (AvgIpc) is 3.18. The highest BCUT2D eigenvalue weighted by Gasteiger charge is 2.21. The lowest BCUT2D eigenvalue weighted by Crippen LogP contribution is -2.41. The second kappa shape index (κ2) is 8.22. The largest absolute Gasteiger partial charge is 0.351 e.